The van der Waals surface area contributed by atoms with Gasteiger partial charge >= 0.3 is 0 Å². The SMILES string of the molecule is CCCN(CCC)CCCN1CC(CS(=O)(=O)Cl)CC1=O. The van der Waals surface area contributed by atoms with E-state index in [4.69, 9.17) is 10.7 Å². The van der Waals surface area contributed by atoms with Gasteiger partial charge in [-0.15, -0.1) is 0 Å². The molecule has 0 aromatic rings. The quantitative estimate of drug-likeness (QED) is 0.571. The normalized spacial score (nSPS) is 19.7. The highest BCUT2D eigenvalue weighted by Crippen LogP contribution is 2.21. The van der Waals surface area contributed by atoms with Gasteiger partial charge in [-0.25, -0.2) is 8.42 Å². The third-order valence-corrected chi connectivity index (χ3v) is 4.96. The molecule has 1 heterocycles. The van der Waals surface area contributed by atoms with Gasteiger partial charge in [0.1, 0.15) is 0 Å². The molecular formula is C14H27ClN2O3S. The predicted octanol–water partition coefficient (Wildman–Crippen LogP) is 1.92. The van der Waals surface area contributed by atoms with E-state index in [1.807, 2.05) is 0 Å². The standard InChI is InChI=1S/C14H27ClN2O3S/c1-3-6-16(7-4-2)8-5-9-17-11-13(10-14(17)18)12-21(15,19)20/h13H,3-12H2,1-2H3. The largest absolute Gasteiger partial charge is 0.342 e. The van der Waals surface area contributed by atoms with Crippen LogP contribution in [0, 0.1) is 5.92 Å². The molecule has 0 saturated carbocycles. The van der Waals surface area contributed by atoms with Crippen LogP contribution in [0.4, 0.5) is 0 Å². The van der Waals surface area contributed by atoms with Gasteiger partial charge in [0, 0.05) is 36.1 Å². The van der Waals surface area contributed by atoms with Crippen molar-refractivity contribution in [3.8, 4) is 0 Å². The van der Waals surface area contributed by atoms with Gasteiger partial charge in [0.2, 0.25) is 15.0 Å². The lowest BCUT2D eigenvalue weighted by Gasteiger charge is -2.23. The first-order chi connectivity index (χ1) is 9.85. The molecule has 1 unspecified atom stereocenters. The van der Waals surface area contributed by atoms with Gasteiger partial charge in [-0.2, -0.15) is 0 Å². The van der Waals surface area contributed by atoms with Crippen LogP contribution in [-0.4, -0.2) is 62.6 Å². The second-order valence-electron chi connectivity index (χ2n) is 5.81. The molecule has 0 spiro atoms. The molecular weight excluding hydrogens is 312 g/mol. The average molecular weight is 339 g/mol. The van der Waals surface area contributed by atoms with E-state index < -0.39 is 9.05 Å². The highest BCUT2D eigenvalue weighted by molar-refractivity contribution is 8.13. The molecule has 1 aliphatic rings. The number of rotatable bonds is 10. The predicted molar refractivity (Wildman–Crippen MR) is 86.0 cm³/mol. The molecule has 0 aromatic carbocycles. The molecule has 0 N–H and O–H groups in total. The zero-order valence-electron chi connectivity index (χ0n) is 13.1. The first-order valence-corrected chi connectivity index (χ1v) is 10.3. The van der Waals surface area contributed by atoms with E-state index >= 15 is 0 Å². The minimum absolute atomic E-state index is 0.0536. The number of amides is 1. The molecule has 1 fully saturated rings. The van der Waals surface area contributed by atoms with Crippen molar-refractivity contribution in [2.24, 2.45) is 5.92 Å². The molecule has 5 nitrogen and oxygen atoms in total. The van der Waals surface area contributed by atoms with Gasteiger partial charge in [-0.3, -0.25) is 4.79 Å². The van der Waals surface area contributed by atoms with Crippen LogP contribution in [0.1, 0.15) is 39.5 Å². The van der Waals surface area contributed by atoms with Crippen LogP contribution in [0.2, 0.25) is 0 Å². The fourth-order valence-corrected chi connectivity index (χ4v) is 4.24. The van der Waals surface area contributed by atoms with Crippen LogP contribution in [0.5, 0.6) is 0 Å². The summed E-state index contributed by atoms with van der Waals surface area (Å²) in [5.41, 5.74) is 0. The van der Waals surface area contributed by atoms with E-state index in [0.29, 0.717) is 19.5 Å². The molecule has 0 radical (unpaired) electrons. The smallest absolute Gasteiger partial charge is 0.232 e. The number of hydrogen-bond acceptors (Lipinski definition) is 4. The van der Waals surface area contributed by atoms with Crippen LogP contribution in [0.25, 0.3) is 0 Å². The first-order valence-electron chi connectivity index (χ1n) is 7.78. The molecule has 0 bridgehead atoms. The highest BCUT2D eigenvalue weighted by Gasteiger charge is 2.31. The Kier molecular flexibility index (Phi) is 7.98. The Morgan fingerprint density at radius 1 is 1.24 bits per heavy atom. The lowest BCUT2D eigenvalue weighted by molar-refractivity contribution is -0.127. The minimum atomic E-state index is -3.52. The summed E-state index contributed by atoms with van der Waals surface area (Å²) >= 11 is 0. The second kappa shape index (κ2) is 8.96. The maximum Gasteiger partial charge on any atom is 0.232 e. The summed E-state index contributed by atoms with van der Waals surface area (Å²) in [6, 6.07) is 0. The molecule has 7 heteroatoms. The minimum Gasteiger partial charge on any atom is -0.342 e. The number of hydrogen-bond donors (Lipinski definition) is 0. The molecule has 21 heavy (non-hydrogen) atoms. The van der Waals surface area contributed by atoms with Gasteiger partial charge < -0.3 is 9.80 Å². The van der Waals surface area contributed by atoms with E-state index in [1.165, 1.54) is 0 Å². The zero-order chi connectivity index (χ0) is 15.9. The van der Waals surface area contributed by atoms with E-state index in [0.717, 1.165) is 38.9 Å². The van der Waals surface area contributed by atoms with Crippen LogP contribution < -0.4 is 0 Å². The summed E-state index contributed by atoms with van der Waals surface area (Å²) in [5.74, 6) is -0.200. The summed E-state index contributed by atoms with van der Waals surface area (Å²) < 4.78 is 22.2. The van der Waals surface area contributed by atoms with Gasteiger partial charge in [-0.05, 0) is 38.9 Å². The van der Waals surface area contributed by atoms with E-state index in [-0.39, 0.29) is 17.6 Å². The average Bonchev–Trinajstić information content (AvgIpc) is 2.67. The fourth-order valence-electron chi connectivity index (χ4n) is 2.92. The summed E-state index contributed by atoms with van der Waals surface area (Å²) in [7, 11) is 1.74. The molecule has 124 valence electrons. The summed E-state index contributed by atoms with van der Waals surface area (Å²) in [5, 5.41) is 0. The van der Waals surface area contributed by atoms with Crippen molar-refractivity contribution in [1.29, 1.82) is 0 Å². The van der Waals surface area contributed by atoms with E-state index in [1.54, 1.807) is 4.90 Å². The topological polar surface area (TPSA) is 57.7 Å². The van der Waals surface area contributed by atoms with E-state index in [2.05, 4.69) is 18.7 Å². The lowest BCUT2D eigenvalue weighted by Crippen LogP contribution is -2.32. The Labute approximate surface area is 133 Å². The third kappa shape index (κ3) is 7.47. The number of halogens is 1. The van der Waals surface area contributed by atoms with Gasteiger partial charge in [0.05, 0.1) is 5.75 Å². The Morgan fingerprint density at radius 3 is 2.38 bits per heavy atom. The van der Waals surface area contributed by atoms with E-state index in [9.17, 15) is 13.2 Å². The fraction of sp³-hybridized carbons (Fsp3) is 0.929. The van der Waals surface area contributed by atoms with Crippen LogP contribution in [-0.2, 0) is 13.8 Å². The van der Waals surface area contributed by atoms with Gasteiger partial charge in [0.25, 0.3) is 0 Å². The van der Waals surface area contributed by atoms with Crippen LogP contribution in [0.3, 0.4) is 0 Å². The number of carbonyl (C=O) groups is 1. The number of likely N-dealkylation sites (tertiary alicyclic amines) is 1. The lowest BCUT2D eigenvalue weighted by atomic mass is 10.1. The first kappa shape index (κ1) is 18.7. The maximum atomic E-state index is 11.9. The van der Waals surface area contributed by atoms with Crippen molar-refractivity contribution in [3.05, 3.63) is 0 Å². The zero-order valence-corrected chi connectivity index (χ0v) is 14.6. The Hall–Kier alpha value is -0.330. The molecule has 0 aliphatic carbocycles. The summed E-state index contributed by atoms with van der Waals surface area (Å²) in [6.45, 7) is 8.75. The van der Waals surface area contributed by atoms with Crippen molar-refractivity contribution >= 4 is 25.6 Å². The Morgan fingerprint density at radius 2 is 1.86 bits per heavy atom. The van der Waals surface area contributed by atoms with Crippen molar-refractivity contribution in [1.82, 2.24) is 9.80 Å². The van der Waals surface area contributed by atoms with Gasteiger partial charge in [0.15, 0.2) is 0 Å². The van der Waals surface area contributed by atoms with Crippen LogP contribution in [0.15, 0.2) is 0 Å². The third-order valence-electron chi connectivity index (χ3n) is 3.71. The molecule has 1 rings (SSSR count). The van der Waals surface area contributed by atoms with Crippen molar-refractivity contribution < 1.29 is 13.2 Å². The molecule has 1 amide bonds. The molecule has 1 saturated heterocycles. The van der Waals surface area contributed by atoms with Crippen molar-refractivity contribution in [2.75, 3.05) is 38.5 Å². The molecule has 1 aliphatic heterocycles. The number of carbonyl (C=O) groups excluding carboxylic acids is 1. The number of nitrogens with zero attached hydrogens (tertiary/aromatic N) is 2. The Balaban J connectivity index is 2.33. The molecule has 1 atom stereocenters. The van der Waals surface area contributed by atoms with Gasteiger partial charge in [-0.1, -0.05) is 13.8 Å². The summed E-state index contributed by atoms with van der Waals surface area (Å²) in [4.78, 5) is 16.1. The maximum absolute atomic E-state index is 11.9. The summed E-state index contributed by atoms with van der Waals surface area (Å²) in [6.07, 6.45) is 3.52. The monoisotopic (exact) mass is 338 g/mol. The molecule has 0 aromatic heterocycles. The highest BCUT2D eigenvalue weighted by atomic mass is 35.7. The Bertz CT molecular complexity index is 422. The van der Waals surface area contributed by atoms with Crippen molar-refractivity contribution in [2.45, 2.75) is 39.5 Å². The van der Waals surface area contributed by atoms with Crippen molar-refractivity contribution in [3.63, 3.8) is 0 Å². The second-order valence-corrected chi connectivity index (χ2v) is 8.63. The van der Waals surface area contributed by atoms with Crippen LogP contribution >= 0.6 is 10.7 Å².